The SMILES string of the molecule is O=S(=O)(c1ccc(Br)cc1Cl)C1CCN(c2nc(Cc3cccc(Br)c3)cs2)CC1. The number of thiazole rings is 1. The predicted molar refractivity (Wildman–Crippen MR) is 131 cm³/mol. The van der Waals surface area contributed by atoms with E-state index in [9.17, 15) is 8.42 Å². The maximum absolute atomic E-state index is 13.1. The summed E-state index contributed by atoms with van der Waals surface area (Å²) in [5.41, 5.74) is 2.24. The number of sulfone groups is 1. The zero-order valence-corrected chi connectivity index (χ0v) is 21.5. The fourth-order valence-electron chi connectivity index (χ4n) is 3.62. The number of hydrogen-bond donors (Lipinski definition) is 0. The molecule has 0 amide bonds. The molecule has 1 fully saturated rings. The molecule has 9 heteroatoms. The smallest absolute Gasteiger partial charge is 0.185 e. The van der Waals surface area contributed by atoms with E-state index in [1.54, 1.807) is 29.5 Å². The second-order valence-corrected chi connectivity index (χ2v) is 12.5. The number of anilines is 1. The van der Waals surface area contributed by atoms with E-state index < -0.39 is 15.1 Å². The zero-order valence-electron chi connectivity index (χ0n) is 15.9. The molecule has 30 heavy (non-hydrogen) atoms. The minimum atomic E-state index is -3.46. The van der Waals surface area contributed by atoms with Crippen molar-refractivity contribution in [2.24, 2.45) is 0 Å². The maximum atomic E-state index is 13.1. The molecule has 1 aliphatic heterocycles. The van der Waals surface area contributed by atoms with E-state index in [2.05, 4.69) is 54.3 Å². The van der Waals surface area contributed by atoms with Crippen LogP contribution in [0.3, 0.4) is 0 Å². The lowest BCUT2D eigenvalue weighted by atomic mass is 10.1. The van der Waals surface area contributed by atoms with Crippen LogP contribution in [0.2, 0.25) is 5.02 Å². The van der Waals surface area contributed by atoms with Crippen LogP contribution in [-0.4, -0.2) is 31.7 Å². The van der Waals surface area contributed by atoms with Crippen LogP contribution in [0.1, 0.15) is 24.1 Å². The third-order valence-electron chi connectivity index (χ3n) is 5.17. The molecule has 3 aromatic rings. The van der Waals surface area contributed by atoms with Crippen LogP contribution < -0.4 is 4.90 Å². The molecule has 1 saturated heterocycles. The highest BCUT2D eigenvalue weighted by Gasteiger charge is 2.33. The highest BCUT2D eigenvalue weighted by atomic mass is 79.9. The number of piperidine rings is 1. The maximum Gasteiger partial charge on any atom is 0.185 e. The van der Waals surface area contributed by atoms with Crippen molar-refractivity contribution in [1.29, 1.82) is 0 Å². The number of benzene rings is 2. The van der Waals surface area contributed by atoms with E-state index in [0.29, 0.717) is 25.9 Å². The Morgan fingerprint density at radius 1 is 1.10 bits per heavy atom. The second-order valence-electron chi connectivity index (χ2n) is 7.23. The molecular weight excluding hydrogens is 572 g/mol. The van der Waals surface area contributed by atoms with E-state index in [1.165, 1.54) is 5.56 Å². The van der Waals surface area contributed by atoms with Gasteiger partial charge in [0.25, 0.3) is 0 Å². The molecule has 2 heterocycles. The molecule has 4 rings (SSSR count). The third-order valence-corrected chi connectivity index (χ3v) is 9.85. The Morgan fingerprint density at radius 2 is 1.83 bits per heavy atom. The van der Waals surface area contributed by atoms with Crippen molar-refractivity contribution in [3.8, 4) is 0 Å². The Morgan fingerprint density at radius 3 is 2.53 bits per heavy atom. The lowest BCUT2D eigenvalue weighted by molar-refractivity contribution is 0.529. The van der Waals surface area contributed by atoms with Crippen molar-refractivity contribution in [1.82, 2.24) is 4.98 Å². The molecular formula is C21H19Br2ClN2O2S2. The molecule has 158 valence electrons. The van der Waals surface area contributed by atoms with Gasteiger partial charge in [0.1, 0.15) is 0 Å². The summed E-state index contributed by atoms with van der Waals surface area (Å²) in [5.74, 6) is 0. The van der Waals surface area contributed by atoms with Gasteiger partial charge >= 0.3 is 0 Å². The van der Waals surface area contributed by atoms with Crippen molar-refractivity contribution in [3.05, 3.63) is 73.1 Å². The minimum Gasteiger partial charge on any atom is -0.348 e. The van der Waals surface area contributed by atoms with E-state index in [-0.39, 0.29) is 9.92 Å². The molecule has 0 spiro atoms. The Hall–Kier alpha value is -0.930. The molecule has 0 N–H and O–H groups in total. The van der Waals surface area contributed by atoms with Crippen LogP contribution in [0.4, 0.5) is 5.13 Å². The first-order chi connectivity index (χ1) is 14.3. The van der Waals surface area contributed by atoms with Crippen LogP contribution in [0, 0.1) is 0 Å². The first kappa shape index (κ1) is 22.3. The molecule has 0 saturated carbocycles. The van der Waals surface area contributed by atoms with Gasteiger partial charge in [-0.25, -0.2) is 13.4 Å². The van der Waals surface area contributed by atoms with Crippen molar-refractivity contribution < 1.29 is 8.42 Å². The van der Waals surface area contributed by atoms with E-state index in [1.807, 2.05) is 12.1 Å². The number of rotatable bonds is 5. The summed E-state index contributed by atoms with van der Waals surface area (Å²) < 4.78 is 28.0. The van der Waals surface area contributed by atoms with E-state index in [0.717, 1.165) is 26.2 Å². The first-order valence-corrected chi connectivity index (χ1v) is 13.8. The predicted octanol–water partition coefficient (Wildman–Crippen LogP) is 6.36. The molecule has 0 radical (unpaired) electrons. The van der Waals surface area contributed by atoms with Crippen molar-refractivity contribution in [3.63, 3.8) is 0 Å². The number of aromatic nitrogens is 1. The molecule has 2 aromatic carbocycles. The van der Waals surface area contributed by atoms with Gasteiger partial charge in [0, 0.05) is 33.8 Å². The molecule has 0 bridgehead atoms. The molecule has 1 aromatic heterocycles. The van der Waals surface area contributed by atoms with E-state index in [4.69, 9.17) is 16.6 Å². The van der Waals surface area contributed by atoms with Crippen molar-refractivity contribution in [2.75, 3.05) is 18.0 Å². The summed E-state index contributed by atoms with van der Waals surface area (Å²) in [6.07, 6.45) is 1.91. The number of nitrogens with zero attached hydrogens (tertiary/aromatic N) is 2. The van der Waals surface area contributed by atoms with Crippen molar-refractivity contribution >= 4 is 69.8 Å². The Labute approximate surface area is 202 Å². The summed E-state index contributed by atoms with van der Waals surface area (Å²) in [7, 11) is -3.46. The van der Waals surface area contributed by atoms with Gasteiger partial charge in [0.2, 0.25) is 0 Å². The Kier molecular flexibility index (Phi) is 6.89. The minimum absolute atomic E-state index is 0.219. The summed E-state index contributed by atoms with van der Waals surface area (Å²) in [6, 6.07) is 13.2. The summed E-state index contributed by atoms with van der Waals surface area (Å²) >= 11 is 14.7. The molecule has 0 unspecified atom stereocenters. The van der Waals surface area contributed by atoms with Gasteiger partial charge in [-0.3, -0.25) is 0 Å². The highest BCUT2D eigenvalue weighted by Crippen LogP contribution is 2.33. The van der Waals surface area contributed by atoms with Crippen LogP contribution in [0.15, 0.2) is 61.7 Å². The zero-order chi connectivity index (χ0) is 21.3. The van der Waals surface area contributed by atoms with Crippen LogP contribution >= 0.6 is 54.8 Å². The van der Waals surface area contributed by atoms with Gasteiger partial charge in [0.05, 0.1) is 20.9 Å². The lowest BCUT2D eigenvalue weighted by Crippen LogP contribution is -2.39. The average Bonchev–Trinajstić information content (AvgIpc) is 3.16. The highest BCUT2D eigenvalue weighted by molar-refractivity contribution is 9.10. The lowest BCUT2D eigenvalue weighted by Gasteiger charge is -2.31. The largest absolute Gasteiger partial charge is 0.348 e. The van der Waals surface area contributed by atoms with Gasteiger partial charge in [-0.05, 0) is 48.7 Å². The van der Waals surface area contributed by atoms with Crippen LogP contribution in [0.5, 0.6) is 0 Å². The fourth-order valence-corrected chi connectivity index (χ4v) is 7.72. The Bertz CT molecular complexity index is 1160. The monoisotopic (exact) mass is 588 g/mol. The first-order valence-electron chi connectivity index (χ1n) is 9.45. The van der Waals surface area contributed by atoms with Gasteiger partial charge in [-0.1, -0.05) is 55.6 Å². The van der Waals surface area contributed by atoms with Gasteiger partial charge < -0.3 is 4.90 Å². The van der Waals surface area contributed by atoms with Crippen LogP contribution in [-0.2, 0) is 16.3 Å². The van der Waals surface area contributed by atoms with Gasteiger partial charge in [0.15, 0.2) is 15.0 Å². The number of hydrogen-bond acceptors (Lipinski definition) is 5. The normalized spacial score (nSPS) is 15.5. The summed E-state index contributed by atoms with van der Waals surface area (Å²) in [5, 5.41) is 2.88. The molecule has 1 aliphatic rings. The number of halogens is 3. The van der Waals surface area contributed by atoms with Crippen LogP contribution in [0.25, 0.3) is 0 Å². The topological polar surface area (TPSA) is 50.3 Å². The molecule has 0 aliphatic carbocycles. The van der Waals surface area contributed by atoms with Crippen molar-refractivity contribution in [2.45, 2.75) is 29.4 Å². The third kappa shape index (κ3) is 4.93. The van der Waals surface area contributed by atoms with Gasteiger partial charge in [-0.15, -0.1) is 11.3 Å². The molecule has 4 nitrogen and oxygen atoms in total. The summed E-state index contributed by atoms with van der Waals surface area (Å²) in [4.78, 5) is 7.19. The summed E-state index contributed by atoms with van der Waals surface area (Å²) in [6.45, 7) is 1.34. The second kappa shape index (κ2) is 9.28. The quantitative estimate of drug-likeness (QED) is 0.347. The Balaban J connectivity index is 1.42. The molecule has 0 atom stereocenters. The average molecular weight is 591 g/mol. The fraction of sp³-hybridized carbons (Fsp3) is 0.286. The van der Waals surface area contributed by atoms with Gasteiger partial charge in [-0.2, -0.15) is 0 Å². The standard InChI is InChI=1S/C21H19Br2ClN2O2S2/c22-15-3-1-2-14(10-15)11-17-13-29-21(25-17)26-8-6-18(7-9-26)30(27,28)20-5-4-16(23)12-19(20)24/h1-5,10,12-13,18H,6-9,11H2. The van der Waals surface area contributed by atoms with E-state index >= 15 is 0 Å².